The zero-order valence-electron chi connectivity index (χ0n) is 8.95. The molecule has 82 valence electrons. The summed E-state index contributed by atoms with van der Waals surface area (Å²) in [6.45, 7) is 1.94. The molecule has 0 radical (unpaired) electrons. The van der Waals surface area contributed by atoms with Gasteiger partial charge < -0.3 is 5.32 Å². The highest BCUT2D eigenvalue weighted by Crippen LogP contribution is 2.18. The third-order valence-electron chi connectivity index (χ3n) is 2.90. The van der Waals surface area contributed by atoms with Gasteiger partial charge in [0.05, 0.1) is 5.51 Å². The number of aromatic nitrogens is 1. The van der Waals surface area contributed by atoms with Gasteiger partial charge in [-0.2, -0.15) is 0 Å². The van der Waals surface area contributed by atoms with Crippen molar-refractivity contribution in [2.24, 2.45) is 0 Å². The average Bonchev–Trinajstić information content (AvgIpc) is 2.66. The van der Waals surface area contributed by atoms with E-state index in [2.05, 4.69) is 10.3 Å². The summed E-state index contributed by atoms with van der Waals surface area (Å²) < 4.78 is 0. The minimum Gasteiger partial charge on any atom is -0.348 e. The van der Waals surface area contributed by atoms with E-state index in [9.17, 15) is 4.79 Å². The fourth-order valence-electron chi connectivity index (χ4n) is 2.02. The van der Waals surface area contributed by atoms with E-state index < -0.39 is 0 Å². The molecule has 1 aliphatic carbocycles. The first-order valence-corrected chi connectivity index (χ1v) is 6.36. The quantitative estimate of drug-likeness (QED) is 0.838. The summed E-state index contributed by atoms with van der Waals surface area (Å²) in [5, 5.41) is 3.07. The zero-order valence-corrected chi connectivity index (χ0v) is 9.77. The number of rotatable bonds is 2. The van der Waals surface area contributed by atoms with Crippen LogP contribution < -0.4 is 5.32 Å². The molecular formula is C11H16N2OS. The smallest absolute Gasteiger partial charge is 0.271 e. The predicted molar refractivity (Wildman–Crippen MR) is 61.2 cm³/mol. The first kappa shape index (κ1) is 10.6. The van der Waals surface area contributed by atoms with Crippen LogP contribution in [0.15, 0.2) is 5.51 Å². The lowest BCUT2D eigenvalue weighted by Crippen LogP contribution is -2.36. The molecule has 0 aromatic carbocycles. The predicted octanol–water partition coefficient (Wildman–Crippen LogP) is 2.51. The van der Waals surface area contributed by atoms with Crippen LogP contribution in [0.25, 0.3) is 0 Å². The zero-order chi connectivity index (χ0) is 10.7. The maximum Gasteiger partial charge on any atom is 0.271 e. The minimum atomic E-state index is 0.000602. The molecule has 0 aliphatic heterocycles. The molecule has 1 aromatic heterocycles. The maximum atomic E-state index is 11.8. The highest BCUT2D eigenvalue weighted by molar-refractivity contribution is 7.09. The number of amides is 1. The number of thiazole rings is 1. The second-order valence-corrected chi connectivity index (χ2v) is 5.12. The molecule has 4 heteroatoms. The monoisotopic (exact) mass is 224 g/mol. The fourth-order valence-corrected chi connectivity index (χ4v) is 2.60. The van der Waals surface area contributed by atoms with E-state index in [0.29, 0.717) is 11.7 Å². The normalized spacial score (nSPS) is 17.7. The van der Waals surface area contributed by atoms with Crippen molar-refractivity contribution < 1.29 is 4.79 Å². The SMILES string of the molecule is Cc1scnc1C(=O)NC1CCCCC1. The van der Waals surface area contributed by atoms with Crippen molar-refractivity contribution in [3.05, 3.63) is 16.1 Å². The Morgan fingerprint density at radius 3 is 2.80 bits per heavy atom. The third-order valence-corrected chi connectivity index (χ3v) is 3.66. The molecular weight excluding hydrogens is 208 g/mol. The lowest BCUT2D eigenvalue weighted by atomic mass is 9.95. The van der Waals surface area contributed by atoms with E-state index in [1.807, 2.05) is 6.92 Å². The first-order valence-electron chi connectivity index (χ1n) is 5.48. The van der Waals surface area contributed by atoms with E-state index in [4.69, 9.17) is 0 Å². The van der Waals surface area contributed by atoms with Crippen molar-refractivity contribution in [1.82, 2.24) is 10.3 Å². The van der Waals surface area contributed by atoms with Crippen LogP contribution >= 0.6 is 11.3 Å². The second-order valence-electron chi connectivity index (χ2n) is 4.07. The fraction of sp³-hybridized carbons (Fsp3) is 0.636. The maximum absolute atomic E-state index is 11.8. The van der Waals surface area contributed by atoms with Gasteiger partial charge in [0.25, 0.3) is 5.91 Å². The lowest BCUT2D eigenvalue weighted by molar-refractivity contribution is 0.0923. The molecule has 1 heterocycles. The van der Waals surface area contributed by atoms with E-state index in [0.717, 1.165) is 17.7 Å². The molecule has 0 spiro atoms. The summed E-state index contributed by atoms with van der Waals surface area (Å²) in [6, 6.07) is 0.368. The number of nitrogens with one attached hydrogen (secondary N) is 1. The van der Waals surface area contributed by atoms with Crippen LogP contribution in [0.1, 0.15) is 47.5 Å². The van der Waals surface area contributed by atoms with Crippen LogP contribution in [0.4, 0.5) is 0 Å². The van der Waals surface area contributed by atoms with Gasteiger partial charge in [-0.3, -0.25) is 4.79 Å². The number of hydrogen-bond donors (Lipinski definition) is 1. The van der Waals surface area contributed by atoms with Gasteiger partial charge in [0, 0.05) is 10.9 Å². The van der Waals surface area contributed by atoms with E-state index in [1.54, 1.807) is 5.51 Å². The van der Waals surface area contributed by atoms with Crippen molar-refractivity contribution >= 4 is 17.2 Å². The number of carbonyl (C=O) groups is 1. The Balaban J connectivity index is 1.94. The molecule has 2 rings (SSSR count). The largest absolute Gasteiger partial charge is 0.348 e. The summed E-state index contributed by atoms with van der Waals surface area (Å²) in [5.41, 5.74) is 2.33. The Hall–Kier alpha value is -0.900. The average molecular weight is 224 g/mol. The van der Waals surface area contributed by atoms with Gasteiger partial charge in [0.2, 0.25) is 0 Å². The van der Waals surface area contributed by atoms with Gasteiger partial charge in [-0.1, -0.05) is 19.3 Å². The molecule has 0 unspecified atom stereocenters. The van der Waals surface area contributed by atoms with Crippen molar-refractivity contribution in [3.8, 4) is 0 Å². The molecule has 3 nitrogen and oxygen atoms in total. The van der Waals surface area contributed by atoms with Crippen molar-refractivity contribution in [2.75, 3.05) is 0 Å². The summed E-state index contributed by atoms with van der Waals surface area (Å²) >= 11 is 1.52. The van der Waals surface area contributed by atoms with Gasteiger partial charge in [-0.05, 0) is 19.8 Å². The first-order chi connectivity index (χ1) is 7.27. The molecule has 15 heavy (non-hydrogen) atoms. The van der Waals surface area contributed by atoms with Crippen LogP contribution in [-0.2, 0) is 0 Å². The van der Waals surface area contributed by atoms with Gasteiger partial charge in [-0.15, -0.1) is 11.3 Å². The van der Waals surface area contributed by atoms with Crippen LogP contribution in [0.3, 0.4) is 0 Å². The number of carbonyl (C=O) groups excluding carboxylic acids is 1. The summed E-state index contributed by atoms with van der Waals surface area (Å²) in [5.74, 6) is 0.000602. The summed E-state index contributed by atoms with van der Waals surface area (Å²) in [7, 11) is 0. The second kappa shape index (κ2) is 4.75. The van der Waals surface area contributed by atoms with Crippen LogP contribution in [0.5, 0.6) is 0 Å². The minimum absolute atomic E-state index is 0.000602. The Morgan fingerprint density at radius 2 is 2.20 bits per heavy atom. The standard InChI is InChI=1S/C11H16N2OS/c1-8-10(12-7-15-8)11(14)13-9-5-3-2-4-6-9/h7,9H,2-6H2,1H3,(H,13,14). The van der Waals surface area contributed by atoms with Crippen molar-refractivity contribution in [1.29, 1.82) is 0 Å². The molecule has 1 aromatic rings. The van der Waals surface area contributed by atoms with Gasteiger partial charge in [0.15, 0.2) is 0 Å². The van der Waals surface area contributed by atoms with Crippen LogP contribution in [0, 0.1) is 6.92 Å². The topological polar surface area (TPSA) is 42.0 Å². The molecule has 1 fully saturated rings. The van der Waals surface area contributed by atoms with Gasteiger partial charge >= 0.3 is 0 Å². The van der Waals surface area contributed by atoms with Crippen LogP contribution in [-0.4, -0.2) is 16.9 Å². The summed E-state index contributed by atoms with van der Waals surface area (Å²) in [4.78, 5) is 16.9. The Bertz CT molecular complexity index is 342. The number of nitrogens with zero attached hydrogens (tertiary/aromatic N) is 1. The summed E-state index contributed by atoms with van der Waals surface area (Å²) in [6.07, 6.45) is 6.02. The molecule has 1 N–H and O–H groups in total. The van der Waals surface area contributed by atoms with Crippen molar-refractivity contribution in [2.45, 2.75) is 45.1 Å². The highest BCUT2D eigenvalue weighted by Gasteiger charge is 2.18. The lowest BCUT2D eigenvalue weighted by Gasteiger charge is -2.22. The van der Waals surface area contributed by atoms with Gasteiger partial charge in [0.1, 0.15) is 5.69 Å². The van der Waals surface area contributed by atoms with Gasteiger partial charge in [-0.25, -0.2) is 4.98 Å². The Morgan fingerprint density at radius 1 is 1.47 bits per heavy atom. The Kier molecular flexibility index (Phi) is 3.36. The van der Waals surface area contributed by atoms with E-state index in [1.165, 1.54) is 30.6 Å². The number of aryl methyl sites for hydroxylation is 1. The molecule has 1 aliphatic rings. The molecule has 0 saturated heterocycles. The highest BCUT2D eigenvalue weighted by atomic mass is 32.1. The van der Waals surface area contributed by atoms with Crippen LogP contribution in [0.2, 0.25) is 0 Å². The van der Waals surface area contributed by atoms with Crippen molar-refractivity contribution in [3.63, 3.8) is 0 Å². The molecule has 0 atom stereocenters. The Labute approximate surface area is 93.9 Å². The molecule has 1 saturated carbocycles. The molecule has 1 amide bonds. The van der Waals surface area contributed by atoms with E-state index in [-0.39, 0.29) is 5.91 Å². The third kappa shape index (κ3) is 2.56. The molecule has 0 bridgehead atoms. The number of hydrogen-bond acceptors (Lipinski definition) is 3. The van der Waals surface area contributed by atoms with E-state index >= 15 is 0 Å².